The first-order valence-corrected chi connectivity index (χ1v) is 4.01. The highest BCUT2D eigenvalue weighted by molar-refractivity contribution is 5.85. The first-order chi connectivity index (χ1) is 5.36. The average Bonchev–Trinajstić information content (AvgIpc) is 2.55. The summed E-state index contributed by atoms with van der Waals surface area (Å²) in [6.45, 7) is 3.04. The van der Waals surface area contributed by atoms with Gasteiger partial charge in [0.2, 0.25) is 5.89 Å². The van der Waals surface area contributed by atoms with Crippen molar-refractivity contribution in [3.8, 4) is 0 Å². The number of hydrogen-bond donors (Lipinski definition) is 1. The van der Waals surface area contributed by atoms with Crippen LogP contribution in [0.1, 0.15) is 30.5 Å². The first-order valence-electron chi connectivity index (χ1n) is 4.01. The summed E-state index contributed by atoms with van der Waals surface area (Å²) in [6.07, 6.45) is 4.08. The van der Waals surface area contributed by atoms with Gasteiger partial charge < -0.3 is 9.73 Å². The molecule has 2 rings (SSSR count). The van der Waals surface area contributed by atoms with Gasteiger partial charge in [-0.15, -0.1) is 12.4 Å². The van der Waals surface area contributed by atoms with Crippen LogP contribution < -0.4 is 5.32 Å². The number of halogens is 1. The Kier molecular flexibility index (Phi) is 3.12. The minimum absolute atomic E-state index is 0. The molecular formula is C8H13ClN2O. The monoisotopic (exact) mass is 188 g/mol. The zero-order valence-corrected chi connectivity index (χ0v) is 7.86. The van der Waals surface area contributed by atoms with Crippen LogP contribution in [0.5, 0.6) is 0 Å². The lowest BCUT2D eigenvalue weighted by atomic mass is 10.2. The second kappa shape index (κ2) is 3.92. The van der Waals surface area contributed by atoms with Crippen molar-refractivity contribution in [2.45, 2.75) is 25.8 Å². The molecule has 1 aliphatic heterocycles. The third-order valence-electron chi connectivity index (χ3n) is 2.00. The molecule has 2 heterocycles. The van der Waals surface area contributed by atoms with E-state index in [9.17, 15) is 0 Å². The third-order valence-corrected chi connectivity index (χ3v) is 2.00. The van der Waals surface area contributed by atoms with Gasteiger partial charge in [-0.3, -0.25) is 0 Å². The van der Waals surface area contributed by atoms with Gasteiger partial charge in [0, 0.05) is 0 Å². The highest BCUT2D eigenvalue weighted by atomic mass is 35.5. The Morgan fingerprint density at radius 2 is 2.50 bits per heavy atom. The van der Waals surface area contributed by atoms with E-state index < -0.39 is 0 Å². The van der Waals surface area contributed by atoms with Crippen LogP contribution >= 0.6 is 12.4 Å². The van der Waals surface area contributed by atoms with Crippen molar-refractivity contribution in [2.24, 2.45) is 0 Å². The molecule has 1 fully saturated rings. The molecule has 0 saturated carbocycles. The number of nitrogens with zero attached hydrogens (tertiary/aromatic N) is 1. The van der Waals surface area contributed by atoms with Gasteiger partial charge in [-0.1, -0.05) is 0 Å². The zero-order chi connectivity index (χ0) is 7.68. The topological polar surface area (TPSA) is 38.1 Å². The van der Waals surface area contributed by atoms with Crippen molar-refractivity contribution < 1.29 is 4.42 Å². The molecule has 0 radical (unpaired) electrons. The minimum atomic E-state index is 0. The van der Waals surface area contributed by atoms with Gasteiger partial charge in [0.05, 0.1) is 11.7 Å². The molecule has 1 atom stereocenters. The quantitative estimate of drug-likeness (QED) is 0.731. The maximum absolute atomic E-state index is 5.27. The molecule has 1 unspecified atom stereocenters. The second-order valence-corrected chi connectivity index (χ2v) is 2.98. The van der Waals surface area contributed by atoms with Gasteiger partial charge >= 0.3 is 0 Å². The van der Waals surface area contributed by atoms with Crippen LogP contribution in [0.3, 0.4) is 0 Å². The second-order valence-electron chi connectivity index (χ2n) is 2.98. The van der Waals surface area contributed by atoms with E-state index in [1.807, 2.05) is 6.92 Å². The molecule has 0 aromatic carbocycles. The van der Waals surface area contributed by atoms with Gasteiger partial charge in [0.1, 0.15) is 6.26 Å². The lowest BCUT2D eigenvalue weighted by Gasteiger charge is -2.02. The molecule has 1 N–H and O–H groups in total. The van der Waals surface area contributed by atoms with Gasteiger partial charge in [0.15, 0.2) is 0 Å². The number of hydrogen-bond acceptors (Lipinski definition) is 3. The van der Waals surface area contributed by atoms with Crippen LogP contribution in [-0.4, -0.2) is 11.5 Å². The van der Waals surface area contributed by atoms with E-state index in [-0.39, 0.29) is 12.4 Å². The zero-order valence-electron chi connectivity index (χ0n) is 7.04. The predicted molar refractivity (Wildman–Crippen MR) is 48.5 cm³/mol. The molecule has 68 valence electrons. The molecule has 0 amide bonds. The van der Waals surface area contributed by atoms with Crippen LogP contribution in [0.25, 0.3) is 0 Å². The van der Waals surface area contributed by atoms with Gasteiger partial charge in [0.25, 0.3) is 0 Å². The van der Waals surface area contributed by atoms with E-state index in [4.69, 9.17) is 4.42 Å². The summed E-state index contributed by atoms with van der Waals surface area (Å²) in [5, 5.41) is 3.33. The molecule has 4 heteroatoms. The van der Waals surface area contributed by atoms with Crippen molar-refractivity contribution in [1.82, 2.24) is 10.3 Å². The Hall–Kier alpha value is -0.540. The van der Waals surface area contributed by atoms with Crippen LogP contribution in [-0.2, 0) is 0 Å². The Bertz CT molecular complexity index is 243. The van der Waals surface area contributed by atoms with Crippen molar-refractivity contribution in [3.63, 3.8) is 0 Å². The number of oxazole rings is 1. The van der Waals surface area contributed by atoms with Crippen LogP contribution in [0.15, 0.2) is 10.7 Å². The molecule has 1 aliphatic rings. The largest absolute Gasteiger partial charge is 0.447 e. The molecule has 0 spiro atoms. The molecule has 0 bridgehead atoms. The normalized spacial score (nSPS) is 22.2. The van der Waals surface area contributed by atoms with Crippen molar-refractivity contribution in [3.05, 3.63) is 17.8 Å². The fraction of sp³-hybridized carbons (Fsp3) is 0.625. The first kappa shape index (κ1) is 9.55. The predicted octanol–water partition coefficient (Wildman–Crippen LogP) is 1.83. The molecule has 1 aromatic rings. The number of nitrogens with one attached hydrogen (secondary N) is 1. The van der Waals surface area contributed by atoms with E-state index in [0.29, 0.717) is 6.04 Å². The smallest absolute Gasteiger partial charge is 0.211 e. The van der Waals surface area contributed by atoms with Crippen LogP contribution in [0, 0.1) is 6.92 Å². The van der Waals surface area contributed by atoms with Crippen LogP contribution in [0.4, 0.5) is 0 Å². The lowest BCUT2D eigenvalue weighted by molar-refractivity contribution is 0.429. The van der Waals surface area contributed by atoms with Gasteiger partial charge in [-0.05, 0) is 26.3 Å². The molecule has 1 aromatic heterocycles. The Balaban J connectivity index is 0.000000720. The third kappa shape index (κ3) is 1.79. The molecular weight excluding hydrogens is 176 g/mol. The van der Waals surface area contributed by atoms with Gasteiger partial charge in [-0.25, -0.2) is 4.98 Å². The summed E-state index contributed by atoms with van der Waals surface area (Å²) in [5.74, 6) is 0.847. The van der Waals surface area contributed by atoms with Crippen molar-refractivity contribution >= 4 is 12.4 Å². The maximum Gasteiger partial charge on any atom is 0.211 e. The molecule has 12 heavy (non-hydrogen) atoms. The van der Waals surface area contributed by atoms with Gasteiger partial charge in [-0.2, -0.15) is 0 Å². The molecule has 3 nitrogen and oxygen atoms in total. The Morgan fingerprint density at radius 3 is 3.00 bits per heavy atom. The van der Waals surface area contributed by atoms with Crippen LogP contribution in [0.2, 0.25) is 0 Å². The highest BCUT2D eigenvalue weighted by Gasteiger charge is 2.20. The Labute approximate surface area is 78.0 Å². The summed E-state index contributed by atoms with van der Waals surface area (Å²) >= 11 is 0. The summed E-state index contributed by atoms with van der Waals surface area (Å²) < 4.78 is 5.27. The van der Waals surface area contributed by atoms with Crippen molar-refractivity contribution in [2.75, 3.05) is 6.54 Å². The summed E-state index contributed by atoms with van der Waals surface area (Å²) in [4.78, 5) is 4.26. The standard InChI is InChI=1S/C8H12N2O.ClH/c1-6-5-11-8(10-6)7-3-2-4-9-7;/h5,7,9H,2-4H2,1H3;1H. The number of rotatable bonds is 1. The molecule has 1 saturated heterocycles. The summed E-state index contributed by atoms with van der Waals surface area (Å²) in [7, 11) is 0. The van der Waals surface area contributed by atoms with E-state index in [1.165, 1.54) is 6.42 Å². The van der Waals surface area contributed by atoms with E-state index in [2.05, 4.69) is 10.3 Å². The fourth-order valence-corrected chi connectivity index (χ4v) is 1.43. The van der Waals surface area contributed by atoms with Crippen molar-refractivity contribution in [1.29, 1.82) is 0 Å². The van der Waals surface area contributed by atoms with E-state index in [1.54, 1.807) is 6.26 Å². The average molecular weight is 189 g/mol. The minimum Gasteiger partial charge on any atom is -0.447 e. The Morgan fingerprint density at radius 1 is 1.67 bits per heavy atom. The lowest BCUT2D eigenvalue weighted by Crippen LogP contribution is -2.12. The van der Waals surface area contributed by atoms with E-state index in [0.717, 1.165) is 24.6 Å². The fourth-order valence-electron chi connectivity index (χ4n) is 1.43. The number of aromatic nitrogens is 1. The maximum atomic E-state index is 5.27. The number of aryl methyl sites for hydroxylation is 1. The SMILES string of the molecule is Cc1coc(C2CCCN2)n1.Cl. The summed E-state index contributed by atoms with van der Waals surface area (Å²) in [6, 6.07) is 0.365. The highest BCUT2D eigenvalue weighted by Crippen LogP contribution is 2.21. The van der Waals surface area contributed by atoms with E-state index >= 15 is 0 Å². The summed E-state index contributed by atoms with van der Waals surface area (Å²) in [5.41, 5.74) is 0.966. The molecule has 0 aliphatic carbocycles.